The smallest absolute Gasteiger partial charge is 0.0138 e. The molecule has 1 nitrogen and oxygen atoms in total. The average molecular weight is 273 g/mol. The first-order chi connectivity index (χ1) is 9.44. The zero-order valence-corrected chi connectivity index (χ0v) is 13.9. The van der Waals surface area contributed by atoms with Gasteiger partial charge in [-0.15, -0.1) is 0 Å². The molecule has 1 heteroatoms. The summed E-state index contributed by atoms with van der Waals surface area (Å²) in [6.45, 7) is 9.33. The molecule has 0 radical (unpaired) electrons. The van der Waals surface area contributed by atoms with Crippen LogP contribution in [0.4, 0.5) is 0 Å². The molecule has 0 bridgehead atoms. The van der Waals surface area contributed by atoms with Gasteiger partial charge in [0, 0.05) is 6.04 Å². The largest absolute Gasteiger partial charge is 0.316 e. The Morgan fingerprint density at radius 1 is 1.20 bits per heavy atom. The van der Waals surface area contributed by atoms with E-state index < -0.39 is 0 Å². The predicted octanol–water partition coefficient (Wildman–Crippen LogP) is 4.65. The van der Waals surface area contributed by atoms with E-state index in [1.807, 2.05) is 0 Å². The van der Waals surface area contributed by atoms with Crippen molar-refractivity contribution < 1.29 is 0 Å². The van der Waals surface area contributed by atoms with Crippen LogP contribution in [0, 0.1) is 25.2 Å². The number of aryl methyl sites for hydroxylation is 2. The standard InChI is InChI=1S/C19H31N/c1-14-9-10-16(12-15(14)2)13-18(20-5)17-8-6-7-11-19(17,3)4/h9-10,12,17-18,20H,6-8,11,13H2,1-5H3. The average Bonchev–Trinajstić information content (AvgIpc) is 2.40. The Labute approximate surface area is 125 Å². The highest BCUT2D eigenvalue weighted by molar-refractivity contribution is 5.30. The van der Waals surface area contributed by atoms with Crippen LogP contribution in [0.3, 0.4) is 0 Å². The maximum Gasteiger partial charge on any atom is 0.0138 e. The summed E-state index contributed by atoms with van der Waals surface area (Å²) in [6, 6.07) is 7.55. The third kappa shape index (κ3) is 3.44. The minimum Gasteiger partial charge on any atom is -0.316 e. The highest BCUT2D eigenvalue weighted by Gasteiger charge is 2.36. The topological polar surface area (TPSA) is 12.0 Å². The van der Waals surface area contributed by atoms with Crippen molar-refractivity contribution in [3.05, 3.63) is 34.9 Å². The summed E-state index contributed by atoms with van der Waals surface area (Å²) in [7, 11) is 2.14. The number of likely N-dealkylation sites (N-methyl/N-ethyl adjacent to an activating group) is 1. The summed E-state index contributed by atoms with van der Waals surface area (Å²) < 4.78 is 0. The van der Waals surface area contributed by atoms with Gasteiger partial charge in [0.1, 0.15) is 0 Å². The molecule has 0 heterocycles. The molecular formula is C19H31N. The van der Waals surface area contributed by atoms with Gasteiger partial charge in [-0.1, -0.05) is 44.9 Å². The van der Waals surface area contributed by atoms with Gasteiger partial charge in [-0.05, 0) is 68.2 Å². The second kappa shape index (κ2) is 6.30. The van der Waals surface area contributed by atoms with Crippen LogP contribution < -0.4 is 5.32 Å². The summed E-state index contributed by atoms with van der Waals surface area (Å²) in [5, 5.41) is 3.61. The van der Waals surface area contributed by atoms with Crippen LogP contribution in [-0.2, 0) is 6.42 Å². The highest BCUT2D eigenvalue weighted by atomic mass is 14.9. The molecule has 1 aromatic rings. The lowest BCUT2D eigenvalue weighted by atomic mass is 9.65. The van der Waals surface area contributed by atoms with E-state index in [9.17, 15) is 0 Å². The summed E-state index contributed by atoms with van der Waals surface area (Å²) >= 11 is 0. The fourth-order valence-corrected chi connectivity index (χ4v) is 3.90. The number of rotatable bonds is 4. The lowest BCUT2D eigenvalue weighted by Crippen LogP contribution is -2.44. The zero-order chi connectivity index (χ0) is 14.8. The Hall–Kier alpha value is -0.820. The van der Waals surface area contributed by atoms with Crippen molar-refractivity contribution in [1.82, 2.24) is 5.32 Å². The number of benzene rings is 1. The predicted molar refractivity (Wildman–Crippen MR) is 88.2 cm³/mol. The van der Waals surface area contributed by atoms with Gasteiger partial charge in [-0.2, -0.15) is 0 Å². The monoisotopic (exact) mass is 273 g/mol. The maximum atomic E-state index is 3.61. The molecular weight excluding hydrogens is 242 g/mol. The Balaban J connectivity index is 2.13. The summed E-state index contributed by atoms with van der Waals surface area (Å²) in [5.41, 5.74) is 4.77. The minimum absolute atomic E-state index is 0.478. The molecule has 1 fully saturated rings. The molecule has 1 saturated carbocycles. The van der Waals surface area contributed by atoms with Gasteiger partial charge in [0.05, 0.1) is 0 Å². The summed E-state index contributed by atoms with van der Waals surface area (Å²) in [4.78, 5) is 0. The van der Waals surface area contributed by atoms with E-state index in [1.165, 1.54) is 42.4 Å². The molecule has 0 aromatic heterocycles. The normalized spacial score (nSPS) is 23.6. The van der Waals surface area contributed by atoms with Gasteiger partial charge in [-0.3, -0.25) is 0 Å². The van der Waals surface area contributed by atoms with Crippen molar-refractivity contribution in [2.45, 2.75) is 65.8 Å². The van der Waals surface area contributed by atoms with Crippen LogP contribution in [0.5, 0.6) is 0 Å². The van der Waals surface area contributed by atoms with Gasteiger partial charge in [0.2, 0.25) is 0 Å². The quantitative estimate of drug-likeness (QED) is 0.842. The van der Waals surface area contributed by atoms with E-state index in [2.05, 4.69) is 58.3 Å². The van der Waals surface area contributed by atoms with Crippen molar-refractivity contribution in [1.29, 1.82) is 0 Å². The molecule has 1 aliphatic rings. The molecule has 112 valence electrons. The zero-order valence-electron chi connectivity index (χ0n) is 13.9. The molecule has 2 rings (SSSR count). The molecule has 1 aromatic carbocycles. The van der Waals surface area contributed by atoms with Gasteiger partial charge < -0.3 is 5.32 Å². The van der Waals surface area contributed by atoms with Crippen LogP contribution >= 0.6 is 0 Å². The second-order valence-corrected chi connectivity index (χ2v) is 7.36. The van der Waals surface area contributed by atoms with Crippen LogP contribution in [0.2, 0.25) is 0 Å². The molecule has 0 saturated heterocycles. The third-order valence-electron chi connectivity index (χ3n) is 5.47. The summed E-state index contributed by atoms with van der Waals surface area (Å²) in [6.07, 6.45) is 6.72. The van der Waals surface area contributed by atoms with Gasteiger partial charge in [0.15, 0.2) is 0 Å². The van der Waals surface area contributed by atoms with E-state index >= 15 is 0 Å². The molecule has 0 aliphatic heterocycles. The lowest BCUT2D eigenvalue weighted by molar-refractivity contribution is 0.101. The highest BCUT2D eigenvalue weighted by Crippen LogP contribution is 2.42. The first-order valence-corrected chi connectivity index (χ1v) is 8.17. The van der Waals surface area contributed by atoms with Crippen LogP contribution in [-0.4, -0.2) is 13.1 Å². The van der Waals surface area contributed by atoms with Crippen molar-refractivity contribution in [2.24, 2.45) is 11.3 Å². The van der Waals surface area contributed by atoms with E-state index in [4.69, 9.17) is 0 Å². The third-order valence-corrected chi connectivity index (χ3v) is 5.47. The first-order valence-electron chi connectivity index (χ1n) is 8.17. The SMILES string of the molecule is CNC(Cc1ccc(C)c(C)c1)C1CCCCC1(C)C. The second-order valence-electron chi connectivity index (χ2n) is 7.36. The Kier molecular flexibility index (Phi) is 4.90. The van der Waals surface area contributed by atoms with Crippen LogP contribution in [0.1, 0.15) is 56.2 Å². The molecule has 0 spiro atoms. The fraction of sp³-hybridized carbons (Fsp3) is 0.684. The molecule has 2 unspecified atom stereocenters. The molecule has 1 aliphatic carbocycles. The molecule has 0 amide bonds. The lowest BCUT2D eigenvalue weighted by Gasteiger charge is -2.43. The van der Waals surface area contributed by atoms with Crippen molar-refractivity contribution >= 4 is 0 Å². The Morgan fingerprint density at radius 3 is 2.55 bits per heavy atom. The van der Waals surface area contributed by atoms with Crippen molar-refractivity contribution in [3.8, 4) is 0 Å². The molecule has 2 atom stereocenters. The maximum absolute atomic E-state index is 3.61. The van der Waals surface area contributed by atoms with E-state index in [-0.39, 0.29) is 0 Å². The molecule has 20 heavy (non-hydrogen) atoms. The minimum atomic E-state index is 0.478. The number of hydrogen-bond donors (Lipinski definition) is 1. The Bertz CT molecular complexity index is 447. The van der Waals surface area contributed by atoms with Crippen molar-refractivity contribution in [2.75, 3.05) is 7.05 Å². The number of hydrogen-bond acceptors (Lipinski definition) is 1. The van der Waals surface area contributed by atoms with E-state index in [0.29, 0.717) is 11.5 Å². The van der Waals surface area contributed by atoms with Gasteiger partial charge in [-0.25, -0.2) is 0 Å². The van der Waals surface area contributed by atoms with Crippen LogP contribution in [0.25, 0.3) is 0 Å². The fourth-order valence-electron chi connectivity index (χ4n) is 3.90. The van der Waals surface area contributed by atoms with E-state index in [1.54, 1.807) is 0 Å². The van der Waals surface area contributed by atoms with Gasteiger partial charge in [0.25, 0.3) is 0 Å². The Morgan fingerprint density at radius 2 is 1.95 bits per heavy atom. The first kappa shape index (κ1) is 15.6. The van der Waals surface area contributed by atoms with Crippen LogP contribution in [0.15, 0.2) is 18.2 Å². The molecule has 1 N–H and O–H groups in total. The van der Waals surface area contributed by atoms with E-state index in [0.717, 1.165) is 12.3 Å². The van der Waals surface area contributed by atoms with Crippen molar-refractivity contribution in [3.63, 3.8) is 0 Å². The summed E-state index contributed by atoms with van der Waals surface area (Å²) in [5.74, 6) is 0.794. The number of nitrogens with one attached hydrogen (secondary N) is 1. The van der Waals surface area contributed by atoms with Gasteiger partial charge >= 0.3 is 0 Å².